The number of carbonyl (C=O) groups excluding carboxylic acids is 2. The number of ether oxygens (including phenoxy) is 1. The molecule has 1 amide bonds. The van der Waals surface area contributed by atoms with Crippen molar-refractivity contribution in [2.45, 2.75) is 64.1 Å². The van der Waals surface area contributed by atoms with Crippen molar-refractivity contribution in [3.8, 4) is 10.7 Å². The van der Waals surface area contributed by atoms with E-state index in [1.807, 2.05) is 17.5 Å². The molecule has 1 fully saturated rings. The van der Waals surface area contributed by atoms with Crippen LogP contribution in [0.2, 0.25) is 0 Å². The average Bonchev–Trinajstić information content (AvgIpc) is 3.23. The van der Waals surface area contributed by atoms with E-state index in [0.29, 0.717) is 5.82 Å². The summed E-state index contributed by atoms with van der Waals surface area (Å²) >= 11 is 1.49. The maximum Gasteiger partial charge on any atom is 0.330 e. The van der Waals surface area contributed by atoms with E-state index >= 15 is 0 Å². The molecular weight excluding hydrogens is 354 g/mol. The molecule has 2 aromatic rings. The molecule has 1 aliphatic rings. The summed E-state index contributed by atoms with van der Waals surface area (Å²) in [7, 11) is 0. The molecule has 9 heteroatoms. The van der Waals surface area contributed by atoms with Crippen LogP contribution < -0.4 is 5.32 Å². The number of amides is 1. The predicted molar refractivity (Wildman–Crippen MR) is 96.3 cm³/mol. The van der Waals surface area contributed by atoms with Crippen LogP contribution >= 0.6 is 11.3 Å². The molecule has 0 aliphatic heterocycles. The van der Waals surface area contributed by atoms with Gasteiger partial charge in [0.15, 0.2) is 12.6 Å². The van der Waals surface area contributed by atoms with Crippen molar-refractivity contribution >= 4 is 23.2 Å². The molecule has 0 bridgehead atoms. The Bertz CT molecular complexity index is 723. The first kappa shape index (κ1) is 18.5. The minimum atomic E-state index is -0.842. The normalized spacial score (nSPS) is 16.7. The van der Waals surface area contributed by atoms with Gasteiger partial charge in [-0.25, -0.2) is 4.79 Å². The van der Waals surface area contributed by atoms with Gasteiger partial charge in [0.25, 0.3) is 5.91 Å². The van der Waals surface area contributed by atoms with Gasteiger partial charge in [-0.05, 0) is 36.4 Å². The standard InChI is InChI=1S/C17H23N5O3S/c1-12(17(24)18-13-7-4-2-3-5-8-13)25-15(23)11-22-20-16(19-21-22)14-9-6-10-26-14/h6,9-10,12-13H,2-5,7-8,11H2,1H3,(H,18,24)/t12-/m1/s1. The van der Waals surface area contributed by atoms with Gasteiger partial charge in [0.05, 0.1) is 4.88 Å². The lowest BCUT2D eigenvalue weighted by molar-refractivity contribution is -0.156. The van der Waals surface area contributed by atoms with E-state index in [1.54, 1.807) is 6.92 Å². The first-order chi connectivity index (χ1) is 12.6. The Kier molecular flexibility index (Phi) is 6.32. The number of carbonyl (C=O) groups is 2. The average molecular weight is 377 g/mol. The smallest absolute Gasteiger partial charge is 0.330 e. The molecule has 8 nitrogen and oxygen atoms in total. The minimum absolute atomic E-state index is 0.177. The molecule has 2 aromatic heterocycles. The SMILES string of the molecule is C[C@@H](OC(=O)Cn1nnc(-c2cccs2)n1)C(=O)NC1CCCCCC1. The Morgan fingerprint density at radius 1 is 1.35 bits per heavy atom. The maximum absolute atomic E-state index is 12.2. The summed E-state index contributed by atoms with van der Waals surface area (Å²) in [5.74, 6) is -0.355. The van der Waals surface area contributed by atoms with Gasteiger partial charge in [-0.2, -0.15) is 4.80 Å². The zero-order chi connectivity index (χ0) is 18.4. The van der Waals surface area contributed by atoms with Crippen molar-refractivity contribution in [2.75, 3.05) is 0 Å². The van der Waals surface area contributed by atoms with E-state index < -0.39 is 12.1 Å². The summed E-state index contributed by atoms with van der Waals surface area (Å²) in [5, 5.41) is 16.8. The van der Waals surface area contributed by atoms with E-state index in [9.17, 15) is 9.59 Å². The van der Waals surface area contributed by atoms with Crippen molar-refractivity contribution in [2.24, 2.45) is 0 Å². The number of hydrogen-bond donors (Lipinski definition) is 1. The highest BCUT2D eigenvalue weighted by molar-refractivity contribution is 7.13. The monoisotopic (exact) mass is 377 g/mol. The molecule has 0 saturated heterocycles. The highest BCUT2D eigenvalue weighted by Gasteiger charge is 2.22. The molecule has 0 unspecified atom stereocenters. The number of nitrogens with zero attached hydrogens (tertiary/aromatic N) is 4. The summed E-state index contributed by atoms with van der Waals surface area (Å²) in [6.45, 7) is 1.40. The van der Waals surface area contributed by atoms with Gasteiger partial charge in [-0.15, -0.1) is 21.5 Å². The third-order valence-corrected chi connectivity index (χ3v) is 5.21. The van der Waals surface area contributed by atoms with E-state index in [4.69, 9.17) is 4.74 Å². The quantitative estimate of drug-likeness (QED) is 0.612. The van der Waals surface area contributed by atoms with Crippen molar-refractivity contribution in [3.05, 3.63) is 17.5 Å². The molecule has 1 N–H and O–H groups in total. The van der Waals surface area contributed by atoms with E-state index in [2.05, 4.69) is 20.7 Å². The van der Waals surface area contributed by atoms with Crippen LogP contribution in [0.5, 0.6) is 0 Å². The molecule has 2 heterocycles. The van der Waals surface area contributed by atoms with Crippen LogP contribution in [-0.2, 0) is 20.9 Å². The van der Waals surface area contributed by atoms with Gasteiger partial charge in [0.2, 0.25) is 5.82 Å². The molecule has 3 rings (SSSR count). The van der Waals surface area contributed by atoms with E-state index in [-0.39, 0.29) is 18.5 Å². The second-order valence-corrected chi connectivity index (χ2v) is 7.40. The topological polar surface area (TPSA) is 99.0 Å². The predicted octanol–water partition coefficient (Wildman–Crippen LogP) is 2.17. The van der Waals surface area contributed by atoms with Crippen LogP contribution in [0.15, 0.2) is 17.5 Å². The molecule has 26 heavy (non-hydrogen) atoms. The van der Waals surface area contributed by atoms with Gasteiger partial charge in [-0.1, -0.05) is 31.7 Å². The lowest BCUT2D eigenvalue weighted by Crippen LogP contribution is -2.42. The zero-order valence-electron chi connectivity index (χ0n) is 14.8. The lowest BCUT2D eigenvalue weighted by atomic mass is 10.1. The van der Waals surface area contributed by atoms with E-state index in [1.165, 1.54) is 29.0 Å². The highest BCUT2D eigenvalue weighted by atomic mass is 32.1. The van der Waals surface area contributed by atoms with Crippen LogP contribution in [0.4, 0.5) is 0 Å². The summed E-state index contributed by atoms with van der Waals surface area (Å²) in [6, 6.07) is 3.95. The van der Waals surface area contributed by atoms with Crippen molar-refractivity contribution in [1.82, 2.24) is 25.5 Å². The number of thiophene rings is 1. The van der Waals surface area contributed by atoms with Gasteiger partial charge in [0.1, 0.15) is 0 Å². The van der Waals surface area contributed by atoms with Crippen molar-refractivity contribution in [1.29, 1.82) is 0 Å². The van der Waals surface area contributed by atoms with Gasteiger partial charge >= 0.3 is 5.97 Å². The zero-order valence-corrected chi connectivity index (χ0v) is 15.6. The van der Waals surface area contributed by atoms with Crippen LogP contribution in [0.25, 0.3) is 10.7 Å². The fourth-order valence-electron chi connectivity index (χ4n) is 2.96. The van der Waals surface area contributed by atoms with Crippen molar-refractivity contribution < 1.29 is 14.3 Å². The van der Waals surface area contributed by atoms with Crippen LogP contribution in [0.1, 0.15) is 45.4 Å². The Morgan fingerprint density at radius 2 is 2.12 bits per heavy atom. The van der Waals surface area contributed by atoms with Crippen LogP contribution in [0, 0.1) is 0 Å². The molecule has 0 spiro atoms. The fourth-order valence-corrected chi connectivity index (χ4v) is 3.61. The summed E-state index contributed by atoms with van der Waals surface area (Å²) < 4.78 is 5.21. The molecule has 1 aliphatic carbocycles. The lowest BCUT2D eigenvalue weighted by Gasteiger charge is -2.19. The Morgan fingerprint density at radius 3 is 2.81 bits per heavy atom. The molecule has 0 radical (unpaired) electrons. The molecular formula is C17H23N5O3S. The Hall–Kier alpha value is -2.29. The van der Waals surface area contributed by atoms with Gasteiger partial charge < -0.3 is 10.1 Å². The summed E-state index contributed by atoms with van der Waals surface area (Å²) in [6.07, 6.45) is 5.82. The third kappa shape index (κ3) is 5.10. The number of aromatic nitrogens is 4. The number of tetrazole rings is 1. The summed E-state index contributed by atoms with van der Waals surface area (Å²) in [4.78, 5) is 26.3. The highest BCUT2D eigenvalue weighted by Crippen LogP contribution is 2.19. The summed E-state index contributed by atoms with van der Waals surface area (Å²) in [5.41, 5.74) is 0. The maximum atomic E-state index is 12.2. The number of rotatable bonds is 6. The molecule has 1 atom stereocenters. The van der Waals surface area contributed by atoms with Gasteiger partial charge in [0, 0.05) is 6.04 Å². The fraction of sp³-hybridized carbons (Fsp3) is 0.588. The Labute approximate surface area is 155 Å². The number of hydrogen-bond acceptors (Lipinski definition) is 7. The second kappa shape index (κ2) is 8.88. The van der Waals surface area contributed by atoms with Crippen molar-refractivity contribution in [3.63, 3.8) is 0 Å². The first-order valence-electron chi connectivity index (χ1n) is 8.93. The molecule has 1 saturated carbocycles. The van der Waals surface area contributed by atoms with Crippen LogP contribution in [-0.4, -0.2) is 44.2 Å². The number of nitrogens with one attached hydrogen (secondary N) is 1. The first-order valence-corrected chi connectivity index (χ1v) is 9.81. The van der Waals surface area contributed by atoms with Crippen LogP contribution in [0.3, 0.4) is 0 Å². The molecule has 140 valence electrons. The van der Waals surface area contributed by atoms with E-state index in [0.717, 1.165) is 30.6 Å². The van der Waals surface area contributed by atoms with Gasteiger partial charge in [-0.3, -0.25) is 4.79 Å². The largest absolute Gasteiger partial charge is 0.451 e. The molecule has 0 aromatic carbocycles. The Balaban J connectivity index is 1.47. The minimum Gasteiger partial charge on any atom is -0.451 e. The second-order valence-electron chi connectivity index (χ2n) is 6.45. The third-order valence-electron chi connectivity index (χ3n) is 4.34. The number of esters is 1.